The first kappa shape index (κ1) is 51.0. The molecule has 10 rings (SSSR count). The highest BCUT2D eigenvalue weighted by atomic mass is 16.3. The molecule has 5 heteroatoms. The monoisotopic (exact) mass is 987 g/mol. The average molecular weight is 987 g/mol. The van der Waals surface area contributed by atoms with Gasteiger partial charge in [-0.25, -0.2) is 9.97 Å². The molecule has 75 heavy (non-hydrogen) atoms. The highest BCUT2D eigenvalue weighted by Crippen LogP contribution is 2.47. The van der Waals surface area contributed by atoms with E-state index in [0.29, 0.717) is 11.4 Å². The van der Waals surface area contributed by atoms with Gasteiger partial charge in [0.15, 0.2) is 0 Å². The van der Waals surface area contributed by atoms with E-state index >= 15 is 0 Å². The zero-order valence-corrected chi connectivity index (χ0v) is 46.9. The van der Waals surface area contributed by atoms with Gasteiger partial charge in [-0.2, -0.15) is 0 Å². The summed E-state index contributed by atoms with van der Waals surface area (Å²) in [5.74, 6) is 1.81. The quantitative estimate of drug-likeness (QED) is 0.173. The van der Waals surface area contributed by atoms with Gasteiger partial charge in [-0.15, -0.1) is 0 Å². The van der Waals surface area contributed by atoms with Crippen LogP contribution in [0.3, 0.4) is 0 Å². The molecule has 0 saturated carbocycles. The van der Waals surface area contributed by atoms with Gasteiger partial charge in [0.1, 0.15) is 17.4 Å². The third-order valence-corrected chi connectivity index (χ3v) is 15.0. The van der Waals surface area contributed by atoms with Crippen LogP contribution in [0.15, 0.2) is 170 Å². The van der Waals surface area contributed by atoms with E-state index in [4.69, 9.17) is 9.97 Å². The van der Waals surface area contributed by atoms with E-state index in [1.807, 2.05) is 0 Å². The van der Waals surface area contributed by atoms with Crippen molar-refractivity contribution in [2.45, 2.75) is 131 Å². The van der Waals surface area contributed by atoms with Crippen LogP contribution in [0, 0.1) is 0 Å². The molecule has 0 aliphatic carbocycles. The molecule has 0 unspecified atom stereocenters. The number of imidazole rings is 2. The van der Waals surface area contributed by atoms with Crippen LogP contribution in [0.2, 0.25) is 0 Å². The normalized spacial score (nSPS) is 12.8. The second-order valence-electron chi connectivity index (χ2n) is 25.9. The number of benzene rings is 8. The summed E-state index contributed by atoms with van der Waals surface area (Å²) < 4.78 is 4.68. The fourth-order valence-corrected chi connectivity index (χ4v) is 10.5. The fraction of sp³-hybridized carbons (Fsp3) is 0.286. The summed E-state index contributed by atoms with van der Waals surface area (Å²) >= 11 is 0. The predicted octanol–water partition coefficient (Wildman–Crippen LogP) is 18.9. The van der Waals surface area contributed by atoms with Gasteiger partial charge in [0.05, 0.1) is 39.0 Å². The Morgan fingerprint density at radius 2 is 0.800 bits per heavy atom. The molecule has 10 aromatic rings. The van der Waals surface area contributed by atoms with Crippen molar-refractivity contribution < 1.29 is 5.11 Å². The smallest absolute Gasteiger partial charge is 0.149 e. The van der Waals surface area contributed by atoms with Crippen molar-refractivity contribution in [1.82, 2.24) is 19.1 Å². The number of nitrogens with zero attached hydrogens (tertiary/aromatic N) is 4. The van der Waals surface area contributed by atoms with E-state index in [1.54, 1.807) is 0 Å². The summed E-state index contributed by atoms with van der Waals surface area (Å²) in [6.45, 7) is 33.8. The molecule has 0 amide bonds. The number of para-hydroxylation sites is 3. The lowest BCUT2D eigenvalue weighted by molar-refractivity contribution is 0.446. The summed E-state index contributed by atoms with van der Waals surface area (Å²) in [6, 6.07) is 61.7. The topological polar surface area (TPSA) is 55.9 Å². The molecule has 0 saturated heterocycles. The largest absolute Gasteiger partial charge is 0.507 e. The van der Waals surface area contributed by atoms with E-state index in [2.05, 4.69) is 283 Å². The predicted molar refractivity (Wildman–Crippen MR) is 318 cm³/mol. The summed E-state index contributed by atoms with van der Waals surface area (Å²) in [6.07, 6.45) is 0. The number of fused-ring (bicyclic) bond motifs is 2. The second-order valence-corrected chi connectivity index (χ2v) is 25.9. The standard InChI is InChI=1S/C70H74N4O/c1-66(2,3)48-33-35-58(53(40-48)44-25-18-16-19-26-44)73-60-31-23-22-30-57(60)71-64(73)47-37-46(38-50(39-47)68(7,8)9)52-29-24-32-61-62(52)72-65(55-42-51(69(10,11)12)43-56(63(55)75)70(13,14)15)74(61)59-36-34-49(67(4,5)6)41-54(59)45-27-20-17-21-28-45/h16-43,75H,1-15H3. The maximum absolute atomic E-state index is 12.7. The summed E-state index contributed by atoms with van der Waals surface area (Å²) in [5.41, 5.74) is 18.9. The Morgan fingerprint density at radius 1 is 0.333 bits per heavy atom. The van der Waals surface area contributed by atoms with Crippen molar-refractivity contribution in [1.29, 1.82) is 0 Å². The molecule has 0 aliphatic rings. The number of phenolic OH excluding ortho intramolecular Hbond substituents is 1. The van der Waals surface area contributed by atoms with E-state index in [-0.39, 0.29) is 32.8 Å². The number of aromatic hydroxyl groups is 1. The molecule has 0 radical (unpaired) electrons. The lowest BCUT2D eigenvalue weighted by Crippen LogP contribution is -2.17. The van der Waals surface area contributed by atoms with Gasteiger partial charge < -0.3 is 5.11 Å². The molecule has 0 bridgehead atoms. The third-order valence-electron chi connectivity index (χ3n) is 15.0. The van der Waals surface area contributed by atoms with Crippen LogP contribution >= 0.6 is 0 Å². The molecular formula is C70H74N4O. The van der Waals surface area contributed by atoms with Crippen molar-refractivity contribution in [2.24, 2.45) is 0 Å². The molecular weight excluding hydrogens is 913 g/mol. The highest BCUT2D eigenvalue weighted by molar-refractivity contribution is 5.98. The van der Waals surface area contributed by atoms with E-state index < -0.39 is 0 Å². The summed E-state index contributed by atoms with van der Waals surface area (Å²) in [7, 11) is 0. The minimum atomic E-state index is -0.345. The number of hydrogen-bond acceptors (Lipinski definition) is 3. The van der Waals surface area contributed by atoms with Crippen LogP contribution in [0.4, 0.5) is 0 Å². The Labute approximate surface area is 446 Å². The first-order chi connectivity index (χ1) is 35.3. The minimum absolute atomic E-state index is 0.0479. The van der Waals surface area contributed by atoms with Crippen LogP contribution in [0.25, 0.3) is 89.6 Å². The molecule has 1 N–H and O–H groups in total. The summed E-state index contributed by atoms with van der Waals surface area (Å²) in [5, 5.41) is 12.7. The minimum Gasteiger partial charge on any atom is -0.507 e. The van der Waals surface area contributed by atoms with E-state index in [9.17, 15) is 5.11 Å². The molecule has 0 atom stereocenters. The number of hydrogen-bond donors (Lipinski definition) is 1. The molecule has 2 aromatic heterocycles. The highest BCUT2D eigenvalue weighted by Gasteiger charge is 2.31. The Kier molecular flexibility index (Phi) is 12.5. The van der Waals surface area contributed by atoms with Gasteiger partial charge in [-0.3, -0.25) is 9.13 Å². The zero-order valence-electron chi connectivity index (χ0n) is 46.9. The first-order valence-corrected chi connectivity index (χ1v) is 26.7. The number of rotatable bonds is 7. The Hall–Kier alpha value is -7.50. The Balaban J connectivity index is 1.30. The second kappa shape index (κ2) is 18.4. The molecule has 380 valence electrons. The average Bonchev–Trinajstić information content (AvgIpc) is 3.94. The van der Waals surface area contributed by atoms with Crippen molar-refractivity contribution in [3.63, 3.8) is 0 Å². The lowest BCUT2D eigenvalue weighted by Gasteiger charge is -2.28. The van der Waals surface area contributed by atoms with Crippen LogP contribution in [-0.2, 0) is 27.1 Å². The molecule has 0 aliphatic heterocycles. The van der Waals surface area contributed by atoms with Crippen LogP contribution in [0.5, 0.6) is 5.75 Å². The van der Waals surface area contributed by atoms with Crippen LogP contribution < -0.4 is 0 Å². The molecule has 8 aromatic carbocycles. The van der Waals surface area contributed by atoms with E-state index in [1.165, 1.54) is 16.7 Å². The van der Waals surface area contributed by atoms with Crippen LogP contribution in [0.1, 0.15) is 132 Å². The SMILES string of the molecule is CC(C)(C)c1cc(-c2cccc3c2nc(-c2cc(C(C)(C)C)cc(C(C)(C)C)c2O)n3-c2ccc(C(C)(C)C)cc2-c2ccccc2)cc(-c2nc3ccccc3n2-c2ccc(C(C)(C)C)cc2-c2ccccc2)c1. The summed E-state index contributed by atoms with van der Waals surface area (Å²) in [4.78, 5) is 11.3. The first-order valence-electron chi connectivity index (χ1n) is 26.7. The van der Waals surface area contributed by atoms with Gasteiger partial charge >= 0.3 is 0 Å². The van der Waals surface area contributed by atoms with Crippen molar-refractivity contribution in [2.75, 3.05) is 0 Å². The van der Waals surface area contributed by atoms with Gasteiger partial charge in [0.2, 0.25) is 0 Å². The number of aromatic nitrogens is 4. The van der Waals surface area contributed by atoms with Gasteiger partial charge in [0.25, 0.3) is 0 Å². The van der Waals surface area contributed by atoms with E-state index in [0.717, 1.165) is 89.3 Å². The van der Waals surface area contributed by atoms with Crippen LogP contribution in [-0.4, -0.2) is 24.2 Å². The van der Waals surface area contributed by atoms with Crippen molar-refractivity contribution in [3.8, 4) is 73.3 Å². The third kappa shape index (κ3) is 9.63. The fourth-order valence-electron chi connectivity index (χ4n) is 10.5. The lowest BCUT2D eigenvalue weighted by atomic mass is 9.79. The Morgan fingerprint density at radius 3 is 1.33 bits per heavy atom. The van der Waals surface area contributed by atoms with Gasteiger partial charge in [0, 0.05) is 27.8 Å². The van der Waals surface area contributed by atoms with Crippen molar-refractivity contribution in [3.05, 3.63) is 198 Å². The molecule has 2 heterocycles. The van der Waals surface area contributed by atoms with Gasteiger partial charge in [-0.1, -0.05) is 213 Å². The Bertz CT molecular complexity index is 3780. The maximum atomic E-state index is 12.7. The van der Waals surface area contributed by atoms with Gasteiger partial charge in [-0.05, 0) is 127 Å². The molecule has 0 fully saturated rings. The zero-order chi connectivity index (χ0) is 53.6. The molecule has 5 nitrogen and oxygen atoms in total. The molecule has 0 spiro atoms. The number of phenols is 1. The maximum Gasteiger partial charge on any atom is 0.149 e. The van der Waals surface area contributed by atoms with Crippen molar-refractivity contribution >= 4 is 22.1 Å².